The molecule has 3 rings (SSSR count). The fraction of sp³-hybridized carbons (Fsp3) is 0.222. The van der Waals surface area contributed by atoms with Gasteiger partial charge in [-0.3, -0.25) is 14.4 Å². The predicted molar refractivity (Wildman–Crippen MR) is 123 cm³/mol. The van der Waals surface area contributed by atoms with E-state index >= 15 is 0 Å². The molecule has 0 spiro atoms. The molecule has 0 heterocycles. The Morgan fingerprint density at radius 1 is 0.788 bits per heavy atom. The Labute approximate surface area is 192 Å². The molecule has 0 fully saturated rings. The molecule has 0 saturated carbocycles. The Morgan fingerprint density at radius 3 is 1.82 bits per heavy atom. The number of phenols is 1. The summed E-state index contributed by atoms with van der Waals surface area (Å²) in [6.07, 6.45) is -3.97. The number of aliphatic hydroxyl groups excluding tert-OH is 2. The Morgan fingerprint density at radius 2 is 1.30 bits per heavy atom. The van der Waals surface area contributed by atoms with E-state index in [1.54, 1.807) is 48.5 Å². The maximum absolute atomic E-state index is 13.0. The zero-order valence-corrected chi connectivity index (χ0v) is 18.2. The summed E-state index contributed by atoms with van der Waals surface area (Å²) in [5, 5.41) is 31.8. The molecule has 0 aliphatic rings. The van der Waals surface area contributed by atoms with Gasteiger partial charge in [0.15, 0.2) is 11.6 Å². The highest BCUT2D eigenvalue weighted by Crippen LogP contribution is 2.38. The number of aromatic hydroxyl groups is 1. The highest BCUT2D eigenvalue weighted by Gasteiger charge is 2.49. The molecule has 0 aromatic heterocycles. The van der Waals surface area contributed by atoms with Gasteiger partial charge in [-0.25, -0.2) is 0 Å². The topological polar surface area (TPSA) is 112 Å². The molecule has 0 bridgehead atoms. The maximum Gasteiger partial charge on any atom is 0.193 e. The predicted octanol–water partition coefficient (Wildman–Crippen LogP) is 3.49. The average molecular weight is 446 g/mol. The van der Waals surface area contributed by atoms with E-state index in [4.69, 9.17) is 0 Å². The summed E-state index contributed by atoms with van der Waals surface area (Å²) in [5.74, 6) is -1.54. The quantitative estimate of drug-likeness (QED) is 0.411. The first-order valence-corrected chi connectivity index (χ1v) is 10.6. The Balaban J connectivity index is 2.01. The number of carbonyl (C=O) groups is 3. The van der Waals surface area contributed by atoms with Gasteiger partial charge >= 0.3 is 0 Å². The van der Waals surface area contributed by atoms with Crippen molar-refractivity contribution < 1.29 is 29.7 Å². The number of ketones is 3. The van der Waals surface area contributed by atoms with Crippen LogP contribution < -0.4 is 0 Å². The van der Waals surface area contributed by atoms with E-state index in [0.717, 1.165) is 0 Å². The summed E-state index contributed by atoms with van der Waals surface area (Å²) in [5.41, 5.74) is -0.813. The van der Waals surface area contributed by atoms with Crippen molar-refractivity contribution in [2.24, 2.45) is 0 Å². The van der Waals surface area contributed by atoms with Crippen LogP contribution >= 0.6 is 0 Å². The molecule has 0 saturated heterocycles. The van der Waals surface area contributed by atoms with Crippen molar-refractivity contribution in [3.8, 4) is 5.75 Å². The van der Waals surface area contributed by atoms with Crippen molar-refractivity contribution in [3.05, 3.63) is 102 Å². The molecule has 0 aliphatic carbocycles. The van der Waals surface area contributed by atoms with Crippen molar-refractivity contribution in [3.63, 3.8) is 0 Å². The van der Waals surface area contributed by atoms with Crippen molar-refractivity contribution in [1.29, 1.82) is 0 Å². The van der Waals surface area contributed by atoms with Crippen molar-refractivity contribution >= 4 is 17.3 Å². The van der Waals surface area contributed by atoms with E-state index in [2.05, 4.69) is 0 Å². The number of rotatable bonds is 10. The van der Waals surface area contributed by atoms with E-state index in [9.17, 15) is 29.7 Å². The Kier molecular flexibility index (Phi) is 7.53. The van der Waals surface area contributed by atoms with Crippen LogP contribution in [0, 0.1) is 0 Å². The lowest BCUT2D eigenvalue weighted by molar-refractivity contribution is -0.130. The van der Waals surface area contributed by atoms with Gasteiger partial charge in [0, 0.05) is 17.5 Å². The summed E-state index contributed by atoms with van der Waals surface area (Å²) >= 11 is 0. The minimum Gasteiger partial charge on any atom is -0.508 e. The number of aliphatic hydroxyl groups is 2. The number of hydrogen-bond acceptors (Lipinski definition) is 6. The third-order valence-electron chi connectivity index (χ3n) is 5.98. The molecule has 33 heavy (non-hydrogen) atoms. The second-order valence-corrected chi connectivity index (χ2v) is 7.98. The molecule has 3 unspecified atom stereocenters. The zero-order valence-electron chi connectivity index (χ0n) is 18.2. The van der Waals surface area contributed by atoms with Crippen LogP contribution in [0.15, 0.2) is 84.9 Å². The normalized spacial score (nSPS) is 14.6. The number of carbonyl (C=O) groups excluding carboxylic acids is 3. The maximum atomic E-state index is 13.0. The SMILES string of the molecule is CC(=O)C(CCC(=O)c1ccccc1)(c1ccc(O)cc1)C(O)C(O)C(=O)c1ccccc1. The molecule has 3 N–H and O–H groups in total. The van der Waals surface area contributed by atoms with Gasteiger partial charge in [0.05, 0.1) is 5.41 Å². The highest BCUT2D eigenvalue weighted by atomic mass is 16.3. The first-order valence-electron chi connectivity index (χ1n) is 10.6. The van der Waals surface area contributed by atoms with Gasteiger partial charge in [0.2, 0.25) is 0 Å². The molecular weight excluding hydrogens is 420 g/mol. The van der Waals surface area contributed by atoms with Gasteiger partial charge in [-0.05, 0) is 31.0 Å². The summed E-state index contributed by atoms with van der Waals surface area (Å²) in [7, 11) is 0. The van der Waals surface area contributed by atoms with Gasteiger partial charge in [0.1, 0.15) is 23.7 Å². The molecule has 3 atom stereocenters. The van der Waals surface area contributed by atoms with E-state index in [1.165, 1.54) is 43.3 Å². The molecule has 6 nitrogen and oxygen atoms in total. The molecule has 0 amide bonds. The summed E-state index contributed by atoms with van der Waals surface area (Å²) in [6.45, 7) is 1.25. The molecule has 3 aromatic rings. The standard InChI is InChI=1S/C27H26O6/c1-18(28)27(21-12-14-22(29)15-13-21,17-16-23(30)19-8-4-2-5-9-19)26(33)25(32)24(31)20-10-6-3-7-11-20/h2-15,25-26,29,32-33H,16-17H2,1H3. The summed E-state index contributed by atoms with van der Waals surface area (Å²) in [6, 6.07) is 22.1. The van der Waals surface area contributed by atoms with Gasteiger partial charge in [0.25, 0.3) is 0 Å². The van der Waals surface area contributed by atoms with E-state index in [-0.39, 0.29) is 29.9 Å². The molecule has 6 heteroatoms. The van der Waals surface area contributed by atoms with Crippen LogP contribution in [0.4, 0.5) is 0 Å². The molecule has 0 radical (unpaired) electrons. The van der Waals surface area contributed by atoms with Gasteiger partial charge in [-0.1, -0.05) is 72.8 Å². The second-order valence-electron chi connectivity index (χ2n) is 7.98. The number of hydrogen-bond donors (Lipinski definition) is 3. The summed E-state index contributed by atoms with van der Waals surface area (Å²) in [4.78, 5) is 38.7. The van der Waals surface area contributed by atoms with Gasteiger partial charge in [-0.15, -0.1) is 0 Å². The third-order valence-corrected chi connectivity index (χ3v) is 5.98. The fourth-order valence-electron chi connectivity index (χ4n) is 4.07. The number of phenolic OH excluding ortho intramolecular Hbond substituents is 1. The average Bonchev–Trinajstić information content (AvgIpc) is 2.85. The van der Waals surface area contributed by atoms with Crippen molar-refractivity contribution in [1.82, 2.24) is 0 Å². The highest BCUT2D eigenvalue weighted by molar-refractivity contribution is 6.01. The molecular formula is C27H26O6. The minimum atomic E-state index is -1.91. The van der Waals surface area contributed by atoms with Crippen LogP contribution in [0.5, 0.6) is 5.75 Å². The number of Topliss-reactive ketones (excluding diaryl/α,β-unsaturated/α-hetero) is 3. The largest absolute Gasteiger partial charge is 0.508 e. The lowest BCUT2D eigenvalue weighted by Gasteiger charge is -2.38. The van der Waals surface area contributed by atoms with Crippen LogP contribution in [-0.2, 0) is 10.2 Å². The Bertz CT molecular complexity index is 1110. The van der Waals surface area contributed by atoms with Crippen LogP contribution in [-0.4, -0.2) is 44.9 Å². The fourth-order valence-corrected chi connectivity index (χ4v) is 4.07. The first kappa shape index (κ1) is 24.0. The van der Waals surface area contributed by atoms with Gasteiger partial charge in [-0.2, -0.15) is 0 Å². The lowest BCUT2D eigenvalue weighted by Crippen LogP contribution is -2.54. The van der Waals surface area contributed by atoms with Crippen LogP contribution in [0.25, 0.3) is 0 Å². The second kappa shape index (κ2) is 10.3. The minimum absolute atomic E-state index is 0.0491. The third kappa shape index (κ3) is 5.08. The molecule has 0 aliphatic heterocycles. The first-order chi connectivity index (χ1) is 15.8. The van der Waals surface area contributed by atoms with Crippen molar-refractivity contribution in [2.75, 3.05) is 0 Å². The monoisotopic (exact) mass is 446 g/mol. The van der Waals surface area contributed by atoms with E-state index < -0.39 is 29.2 Å². The summed E-state index contributed by atoms with van der Waals surface area (Å²) < 4.78 is 0. The van der Waals surface area contributed by atoms with Gasteiger partial charge < -0.3 is 15.3 Å². The molecule has 3 aromatic carbocycles. The Hall–Kier alpha value is -3.61. The van der Waals surface area contributed by atoms with Crippen LogP contribution in [0.1, 0.15) is 46.0 Å². The zero-order chi connectivity index (χ0) is 24.0. The smallest absolute Gasteiger partial charge is 0.193 e. The molecule has 170 valence electrons. The lowest BCUT2D eigenvalue weighted by atomic mass is 9.67. The van der Waals surface area contributed by atoms with E-state index in [1.807, 2.05) is 0 Å². The van der Waals surface area contributed by atoms with Crippen LogP contribution in [0.3, 0.4) is 0 Å². The van der Waals surface area contributed by atoms with Crippen molar-refractivity contribution in [2.45, 2.75) is 37.4 Å². The number of benzene rings is 3. The van der Waals surface area contributed by atoms with Crippen LogP contribution in [0.2, 0.25) is 0 Å². The van der Waals surface area contributed by atoms with E-state index in [0.29, 0.717) is 11.1 Å².